The molecule has 1 unspecified atom stereocenters. The molecule has 0 bridgehead atoms. The van der Waals surface area contributed by atoms with Crippen LogP contribution < -0.4 is 5.19 Å². The summed E-state index contributed by atoms with van der Waals surface area (Å²) in [5.41, 5.74) is -2.59. The Morgan fingerprint density at radius 1 is 1.30 bits per heavy atom. The molecular weight excluding hydrogens is 277 g/mol. The Bertz CT molecular complexity index is 455. The van der Waals surface area contributed by atoms with E-state index >= 15 is 0 Å². The van der Waals surface area contributed by atoms with Gasteiger partial charge in [-0.05, 0) is 17.2 Å². The van der Waals surface area contributed by atoms with Crippen LogP contribution in [0.2, 0.25) is 13.1 Å². The highest BCUT2D eigenvalue weighted by Crippen LogP contribution is 2.35. The summed E-state index contributed by atoms with van der Waals surface area (Å²) < 4.78 is 43.2. The van der Waals surface area contributed by atoms with Crippen molar-refractivity contribution in [3.63, 3.8) is 0 Å². The fraction of sp³-hybridized carbons (Fsp3) is 0.500. The molecule has 1 aromatic rings. The molecule has 4 heteroatoms. The summed E-state index contributed by atoms with van der Waals surface area (Å²) in [4.78, 5) is 0. The number of halogens is 3. The molecular formula is C16H23F3Si. The Hall–Kier alpha value is -1.03. The Morgan fingerprint density at radius 3 is 2.45 bits per heavy atom. The van der Waals surface area contributed by atoms with E-state index in [9.17, 15) is 13.2 Å². The van der Waals surface area contributed by atoms with Crippen LogP contribution in [-0.4, -0.2) is 19.8 Å². The summed E-state index contributed by atoms with van der Waals surface area (Å²) in [5, 5.41) is 0.569. The lowest BCUT2D eigenvalue weighted by atomic mass is 10.2. The molecule has 1 rings (SSSR count). The van der Waals surface area contributed by atoms with Gasteiger partial charge in [0.25, 0.3) is 5.55 Å². The average molecular weight is 300 g/mol. The van der Waals surface area contributed by atoms with Crippen LogP contribution >= 0.6 is 0 Å². The quantitative estimate of drug-likeness (QED) is 0.625. The Kier molecular flexibility index (Phi) is 5.63. The fourth-order valence-corrected chi connectivity index (χ4v) is 5.09. The van der Waals surface area contributed by atoms with Gasteiger partial charge in [0.2, 0.25) is 0 Å². The van der Waals surface area contributed by atoms with Crippen molar-refractivity contribution < 1.29 is 13.2 Å². The molecule has 0 saturated carbocycles. The second-order valence-electron chi connectivity index (χ2n) is 5.65. The molecule has 0 aliphatic heterocycles. The minimum atomic E-state index is -3.28. The molecule has 0 aromatic heterocycles. The van der Waals surface area contributed by atoms with E-state index in [0.717, 1.165) is 6.42 Å². The van der Waals surface area contributed by atoms with E-state index in [1.54, 1.807) is 30.3 Å². The van der Waals surface area contributed by atoms with Crippen molar-refractivity contribution in [2.45, 2.75) is 51.0 Å². The molecule has 0 nitrogen and oxygen atoms in total. The van der Waals surface area contributed by atoms with E-state index in [1.165, 1.54) is 13.1 Å². The Labute approximate surface area is 120 Å². The molecule has 0 radical (unpaired) electrons. The van der Waals surface area contributed by atoms with Crippen LogP contribution in [0.1, 0.15) is 31.7 Å². The molecule has 20 heavy (non-hydrogen) atoms. The van der Waals surface area contributed by atoms with Crippen molar-refractivity contribution in [2.75, 3.05) is 0 Å². The largest absolute Gasteiger partial charge is 0.263 e. The van der Waals surface area contributed by atoms with Crippen LogP contribution in [0.4, 0.5) is 13.2 Å². The van der Waals surface area contributed by atoms with Crippen LogP contribution in [0.15, 0.2) is 30.8 Å². The minimum absolute atomic E-state index is 0.0732. The average Bonchev–Trinajstić information content (AvgIpc) is 2.44. The van der Waals surface area contributed by atoms with Crippen LogP contribution in [0, 0.1) is 0 Å². The highest BCUT2D eigenvalue weighted by molar-refractivity contribution is 6.92. The second kappa shape index (κ2) is 6.61. The normalized spacial score (nSPS) is 14.1. The van der Waals surface area contributed by atoms with E-state index in [-0.39, 0.29) is 6.42 Å². The maximum atomic E-state index is 14.6. The molecule has 0 fully saturated rings. The van der Waals surface area contributed by atoms with Gasteiger partial charge in [-0.15, -0.1) is 0 Å². The fourth-order valence-electron chi connectivity index (χ4n) is 2.38. The van der Waals surface area contributed by atoms with Crippen LogP contribution in [0.3, 0.4) is 0 Å². The molecule has 1 aromatic carbocycles. The number of hydrogen-bond donors (Lipinski definition) is 0. The first-order valence-electron chi connectivity index (χ1n) is 7.02. The van der Waals surface area contributed by atoms with Gasteiger partial charge >= 0.3 is 0 Å². The Balaban J connectivity index is 3.16. The lowest BCUT2D eigenvalue weighted by Gasteiger charge is -2.35. The van der Waals surface area contributed by atoms with E-state index in [1.807, 2.05) is 6.92 Å². The zero-order valence-corrected chi connectivity index (χ0v) is 13.4. The second-order valence-corrected chi connectivity index (χ2v) is 10.1. The molecule has 0 amide bonds. The number of rotatable bonds is 7. The third kappa shape index (κ3) is 3.17. The van der Waals surface area contributed by atoms with Crippen molar-refractivity contribution >= 4 is 19.3 Å². The zero-order chi connectivity index (χ0) is 15.4. The third-order valence-electron chi connectivity index (χ3n) is 3.89. The predicted molar refractivity (Wildman–Crippen MR) is 83.0 cm³/mol. The van der Waals surface area contributed by atoms with Crippen molar-refractivity contribution in [3.05, 3.63) is 36.4 Å². The molecule has 0 saturated heterocycles. The molecule has 1 atom stereocenters. The maximum Gasteiger partial charge on any atom is 0.263 e. The van der Waals surface area contributed by atoms with Gasteiger partial charge in [-0.25, -0.2) is 13.2 Å². The SMILES string of the molecule is C=Cc1ccccc1[Si](C)(C)C(F)(F)C(F)CCCC. The molecule has 112 valence electrons. The van der Waals surface area contributed by atoms with Gasteiger partial charge in [0.15, 0.2) is 14.2 Å². The zero-order valence-electron chi connectivity index (χ0n) is 12.4. The highest BCUT2D eigenvalue weighted by Gasteiger charge is 2.55. The van der Waals surface area contributed by atoms with Gasteiger partial charge in [0.1, 0.15) is 0 Å². The summed E-state index contributed by atoms with van der Waals surface area (Å²) in [6.07, 6.45) is 0.642. The number of alkyl halides is 3. The molecule has 0 spiro atoms. The summed E-state index contributed by atoms with van der Waals surface area (Å²) in [6.45, 7) is 8.61. The van der Waals surface area contributed by atoms with Gasteiger partial charge in [0, 0.05) is 0 Å². The third-order valence-corrected chi connectivity index (χ3v) is 7.67. The van der Waals surface area contributed by atoms with Crippen molar-refractivity contribution in [1.29, 1.82) is 0 Å². The van der Waals surface area contributed by atoms with Gasteiger partial charge < -0.3 is 0 Å². The van der Waals surface area contributed by atoms with Crippen molar-refractivity contribution in [2.24, 2.45) is 0 Å². The summed E-state index contributed by atoms with van der Waals surface area (Å²) in [5.74, 6) is 0. The lowest BCUT2D eigenvalue weighted by molar-refractivity contribution is -0.00849. The highest BCUT2D eigenvalue weighted by atomic mass is 28.3. The van der Waals surface area contributed by atoms with E-state index in [2.05, 4.69) is 6.58 Å². The van der Waals surface area contributed by atoms with Crippen molar-refractivity contribution in [1.82, 2.24) is 0 Å². The smallest absolute Gasteiger partial charge is 0.241 e. The van der Waals surface area contributed by atoms with Gasteiger partial charge in [0.05, 0.1) is 0 Å². The van der Waals surface area contributed by atoms with Gasteiger partial charge in [-0.3, -0.25) is 0 Å². The first-order valence-corrected chi connectivity index (χ1v) is 10.0. The van der Waals surface area contributed by atoms with Crippen LogP contribution in [0.25, 0.3) is 6.08 Å². The topological polar surface area (TPSA) is 0 Å². The van der Waals surface area contributed by atoms with Gasteiger partial charge in [-0.1, -0.05) is 69.8 Å². The first-order chi connectivity index (χ1) is 9.29. The predicted octanol–water partition coefficient (Wildman–Crippen LogP) is 4.95. The van der Waals surface area contributed by atoms with Crippen molar-refractivity contribution in [3.8, 4) is 0 Å². The molecule has 0 aliphatic rings. The van der Waals surface area contributed by atoms with E-state index in [0.29, 0.717) is 17.2 Å². The van der Waals surface area contributed by atoms with Gasteiger partial charge in [-0.2, -0.15) is 0 Å². The molecule has 0 N–H and O–H groups in total. The van der Waals surface area contributed by atoms with E-state index < -0.39 is 19.8 Å². The summed E-state index contributed by atoms with van der Waals surface area (Å²) in [7, 11) is -3.27. The minimum Gasteiger partial charge on any atom is -0.241 e. The Morgan fingerprint density at radius 2 is 1.90 bits per heavy atom. The number of unbranched alkanes of at least 4 members (excludes halogenated alkanes) is 1. The molecule has 0 aliphatic carbocycles. The first kappa shape index (κ1) is 17.0. The van der Waals surface area contributed by atoms with Crippen LogP contribution in [-0.2, 0) is 0 Å². The molecule has 0 heterocycles. The maximum absolute atomic E-state index is 14.6. The van der Waals surface area contributed by atoms with E-state index in [4.69, 9.17) is 0 Å². The number of hydrogen-bond acceptors (Lipinski definition) is 0. The monoisotopic (exact) mass is 300 g/mol. The van der Waals surface area contributed by atoms with Crippen LogP contribution in [0.5, 0.6) is 0 Å². The number of benzene rings is 1. The standard InChI is InChI=1S/C16H23F3Si/c1-5-7-12-15(17)16(18,19)20(3,4)14-11-9-8-10-13(14)6-2/h6,8-11,15H,2,5,7,12H2,1,3-4H3. The lowest BCUT2D eigenvalue weighted by Crippen LogP contribution is -2.62. The summed E-state index contributed by atoms with van der Waals surface area (Å²) >= 11 is 0. The summed E-state index contributed by atoms with van der Waals surface area (Å²) in [6, 6.07) is 6.95.